The van der Waals surface area contributed by atoms with Gasteiger partial charge >= 0.3 is 5.97 Å². The van der Waals surface area contributed by atoms with Gasteiger partial charge in [-0.2, -0.15) is 0 Å². The summed E-state index contributed by atoms with van der Waals surface area (Å²) in [4.78, 5) is 29.1. The van der Waals surface area contributed by atoms with Gasteiger partial charge in [-0.25, -0.2) is 4.79 Å². The molecular weight excluding hydrogens is 374 g/mol. The van der Waals surface area contributed by atoms with Crippen LogP contribution in [0.15, 0.2) is 42.5 Å². The Morgan fingerprint density at radius 2 is 1.82 bits per heavy atom. The van der Waals surface area contributed by atoms with Gasteiger partial charge in [-0.15, -0.1) is 0 Å². The third-order valence-electron chi connectivity index (χ3n) is 4.53. The molecule has 0 aliphatic rings. The Morgan fingerprint density at radius 3 is 2.43 bits per heavy atom. The number of H-pyrrole nitrogens is 1. The fourth-order valence-corrected chi connectivity index (χ4v) is 3.32. The average Bonchev–Trinajstić information content (AvgIpc) is 3.09. The zero-order chi connectivity index (χ0) is 20.4. The number of nitrogens with one attached hydrogen (secondary N) is 1. The molecule has 144 valence electrons. The average molecular weight is 395 g/mol. The molecule has 3 aromatic rings. The number of aryl methyl sites for hydroxylation is 2. The molecule has 0 unspecified atom stereocenters. The van der Waals surface area contributed by atoms with Crippen LogP contribution in [0.5, 0.6) is 0 Å². The Labute approximate surface area is 168 Å². The van der Waals surface area contributed by atoms with Crippen LogP contribution < -0.4 is 5.73 Å². The highest BCUT2D eigenvalue weighted by Gasteiger charge is 2.21. The number of methoxy groups -OCH3 is 1. The lowest BCUT2D eigenvalue weighted by Gasteiger charge is -2.20. The van der Waals surface area contributed by atoms with E-state index in [0.29, 0.717) is 11.3 Å². The van der Waals surface area contributed by atoms with Gasteiger partial charge in [-0.05, 0) is 61.5 Å². The number of carbonyl (C=O) groups excluding carboxylic acids is 2. The molecule has 7 heteroatoms. The molecule has 0 saturated heterocycles. The van der Waals surface area contributed by atoms with Crippen molar-refractivity contribution in [1.82, 2.24) is 9.88 Å². The molecule has 1 amide bonds. The van der Waals surface area contributed by atoms with E-state index in [0.717, 1.165) is 27.6 Å². The summed E-state index contributed by atoms with van der Waals surface area (Å²) in [6.45, 7) is 4.21. The van der Waals surface area contributed by atoms with Crippen molar-refractivity contribution in [1.29, 1.82) is 0 Å². The van der Waals surface area contributed by atoms with Crippen LogP contribution in [0.4, 0.5) is 0 Å². The normalized spacial score (nSPS) is 10.7. The van der Waals surface area contributed by atoms with E-state index >= 15 is 0 Å². The number of ether oxygens (including phenoxy) is 1. The summed E-state index contributed by atoms with van der Waals surface area (Å²) in [5.74, 6) is -0.727. The van der Waals surface area contributed by atoms with Gasteiger partial charge in [0.1, 0.15) is 5.69 Å². The van der Waals surface area contributed by atoms with Crippen molar-refractivity contribution in [2.45, 2.75) is 20.4 Å². The molecule has 3 N–H and O–H groups in total. The zero-order valence-electron chi connectivity index (χ0n) is 15.9. The fraction of sp³-hybridized carbons (Fsp3) is 0.190. The van der Waals surface area contributed by atoms with Gasteiger partial charge in [0.2, 0.25) is 0 Å². The lowest BCUT2D eigenvalue weighted by molar-refractivity contribution is 0.0600. The third kappa shape index (κ3) is 3.89. The molecule has 6 nitrogen and oxygen atoms in total. The predicted molar refractivity (Wildman–Crippen MR) is 112 cm³/mol. The van der Waals surface area contributed by atoms with Crippen LogP contribution in [0.2, 0.25) is 0 Å². The first-order chi connectivity index (χ1) is 13.3. The molecular formula is C21H21N3O3S. The minimum Gasteiger partial charge on any atom is -0.465 e. The number of nitrogens with two attached hydrogens (primary N) is 1. The highest BCUT2D eigenvalue weighted by atomic mass is 32.1. The highest BCUT2D eigenvalue weighted by Crippen LogP contribution is 2.22. The molecule has 1 aromatic heterocycles. The molecule has 0 fully saturated rings. The van der Waals surface area contributed by atoms with Crippen LogP contribution in [0.1, 0.15) is 37.5 Å². The van der Waals surface area contributed by atoms with Crippen molar-refractivity contribution in [3.63, 3.8) is 0 Å². The number of nitrogens with zero attached hydrogens (tertiary/aromatic N) is 1. The molecule has 0 aliphatic carbocycles. The molecule has 0 radical (unpaired) electrons. The van der Waals surface area contributed by atoms with E-state index in [2.05, 4.69) is 15.8 Å². The second kappa shape index (κ2) is 7.82. The number of fused-ring (bicyclic) bond motifs is 1. The molecule has 3 rings (SSSR count). The van der Waals surface area contributed by atoms with E-state index in [-0.39, 0.29) is 17.6 Å². The van der Waals surface area contributed by atoms with Crippen LogP contribution in [0.25, 0.3) is 10.9 Å². The first kappa shape index (κ1) is 19.6. The maximum absolute atomic E-state index is 13.0. The van der Waals surface area contributed by atoms with Gasteiger partial charge in [-0.1, -0.05) is 23.8 Å². The number of benzene rings is 2. The molecule has 1 heterocycles. The van der Waals surface area contributed by atoms with Crippen LogP contribution in [0, 0.1) is 13.8 Å². The van der Waals surface area contributed by atoms with Crippen LogP contribution in [0.3, 0.4) is 0 Å². The van der Waals surface area contributed by atoms with E-state index in [1.807, 2.05) is 26.0 Å². The molecule has 2 aromatic carbocycles. The van der Waals surface area contributed by atoms with Crippen molar-refractivity contribution in [3.05, 3.63) is 70.4 Å². The molecule has 0 aliphatic heterocycles. The SMILES string of the molecule is COC(=O)c1ccc(CN(C(=O)c2cc3cc(C)cc(C)c3[nH]2)C(N)=S)cc1. The van der Waals surface area contributed by atoms with E-state index in [1.165, 1.54) is 12.0 Å². The monoisotopic (exact) mass is 395 g/mol. The van der Waals surface area contributed by atoms with Crippen molar-refractivity contribution in [2.24, 2.45) is 5.73 Å². The minimum atomic E-state index is -0.419. The molecule has 0 spiro atoms. The second-order valence-corrected chi connectivity index (χ2v) is 7.07. The van der Waals surface area contributed by atoms with Crippen molar-refractivity contribution < 1.29 is 14.3 Å². The van der Waals surface area contributed by atoms with Gasteiger partial charge < -0.3 is 15.5 Å². The molecule has 28 heavy (non-hydrogen) atoms. The van der Waals surface area contributed by atoms with Crippen molar-refractivity contribution in [2.75, 3.05) is 7.11 Å². The topological polar surface area (TPSA) is 88.4 Å². The Kier molecular flexibility index (Phi) is 5.46. The smallest absolute Gasteiger partial charge is 0.337 e. The fourth-order valence-electron chi connectivity index (χ4n) is 3.17. The van der Waals surface area contributed by atoms with Crippen molar-refractivity contribution >= 4 is 40.1 Å². The summed E-state index contributed by atoms with van der Waals surface area (Å²) in [7, 11) is 1.33. The Hall–Kier alpha value is -3.19. The molecule has 0 bridgehead atoms. The number of thiocarbonyl (C=S) groups is 1. The maximum Gasteiger partial charge on any atom is 0.337 e. The highest BCUT2D eigenvalue weighted by molar-refractivity contribution is 7.80. The van der Waals surface area contributed by atoms with E-state index < -0.39 is 5.97 Å². The lowest BCUT2D eigenvalue weighted by atomic mass is 10.1. The molecule has 0 saturated carbocycles. The number of hydrogen-bond acceptors (Lipinski definition) is 4. The number of aromatic nitrogens is 1. The van der Waals surface area contributed by atoms with Gasteiger partial charge in [-0.3, -0.25) is 9.69 Å². The number of rotatable bonds is 4. The Balaban J connectivity index is 1.88. The summed E-state index contributed by atoms with van der Waals surface area (Å²) in [5.41, 5.74) is 10.6. The van der Waals surface area contributed by atoms with Crippen molar-refractivity contribution in [3.8, 4) is 0 Å². The second-order valence-electron chi connectivity index (χ2n) is 6.65. The number of carbonyl (C=O) groups is 2. The third-order valence-corrected chi connectivity index (χ3v) is 4.75. The quantitative estimate of drug-likeness (QED) is 0.522. The van der Waals surface area contributed by atoms with E-state index in [1.54, 1.807) is 24.3 Å². The predicted octanol–water partition coefficient (Wildman–Crippen LogP) is 3.46. The number of esters is 1. The number of hydrogen-bond donors (Lipinski definition) is 2. The minimum absolute atomic E-state index is 0.0198. The Bertz CT molecular complexity index is 1070. The van der Waals surface area contributed by atoms with Gasteiger partial charge in [0.15, 0.2) is 5.11 Å². The van der Waals surface area contributed by atoms with E-state index in [9.17, 15) is 9.59 Å². The lowest BCUT2D eigenvalue weighted by Crippen LogP contribution is -2.40. The molecule has 0 atom stereocenters. The van der Waals surface area contributed by atoms with Gasteiger partial charge in [0.25, 0.3) is 5.91 Å². The van der Waals surface area contributed by atoms with E-state index in [4.69, 9.17) is 18.0 Å². The summed E-state index contributed by atoms with van der Waals surface area (Å²) in [6, 6.07) is 12.6. The van der Waals surface area contributed by atoms with Crippen LogP contribution in [-0.2, 0) is 11.3 Å². The van der Waals surface area contributed by atoms with Crippen LogP contribution in [-0.4, -0.2) is 34.0 Å². The first-order valence-electron chi connectivity index (χ1n) is 8.68. The number of amides is 1. The van der Waals surface area contributed by atoms with Gasteiger partial charge in [0.05, 0.1) is 19.2 Å². The maximum atomic E-state index is 13.0. The zero-order valence-corrected chi connectivity index (χ0v) is 16.7. The Morgan fingerprint density at radius 1 is 1.14 bits per heavy atom. The summed E-state index contributed by atoms with van der Waals surface area (Å²) in [6.07, 6.45) is 0. The largest absolute Gasteiger partial charge is 0.465 e. The summed E-state index contributed by atoms with van der Waals surface area (Å²) in [5, 5.41) is 0.944. The summed E-state index contributed by atoms with van der Waals surface area (Å²) < 4.78 is 4.69. The standard InChI is InChI=1S/C21H21N3O3S/c1-12-8-13(2)18-16(9-12)10-17(23-18)19(25)24(21(22)28)11-14-4-6-15(7-5-14)20(26)27-3/h4-10,23H,11H2,1-3H3,(H2,22,28). The first-order valence-corrected chi connectivity index (χ1v) is 9.09. The summed E-state index contributed by atoms with van der Waals surface area (Å²) >= 11 is 5.10. The number of aromatic amines is 1. The van der Waals surface area contributed by atoms with Crippen LogP contribution >= 0.6 is 12.2 Å². The van der Waals surface area contributed by atoms with Gasteiger partial charge in [0, 0.05) is 10.9 Å².